The van der Waals surface area contributed by atoms with Crippen LogP contribution in [0.5, 0.6) is 0 Å². The number of aromatic nitrogens is 1. The van der Waals surface area contributed by atoms with Crippen molar-refractivity contribution in [3.05, 3.63) is 40.3 Å². The standard InChI is InChI=1S/C14H19N3OS/c1-11-15-9-14(19-11)10-16-12-3-5-13(6-4-12)17(2)7-8-18/h3-6,9,16,18H,7-8,10H2,1-2H3. The Labute approximate surface area is 117 Å². The minimum Gasteiger partial charge on any atom is -0.395 e. The largest absolute Gasteiger partial charge is 0.395 e. The third kappa shape index (κ3) is 3.94. The molecule has 2 aromatic rings. The van der Waals surface area contributed by atoms with Crippen LogP contribution in [0.1, 0.15) is 9.88 Å². The summed E-state index contributed by atoms with van der Waals surface area (Å²) in [4.78, 5) is 7.49. The molecule has 0 aliphatic rings. The molecule has 2 N–H and O–H groups in total. The summed E-state index contributed by atoms with van der Waals surface area (Å²) in [5, 5.41) is 13.4. The van der Waals surface area contributed by atoms with E-state index < -0.39 is 0 Å². The average molecular weight is 277 g/mol. The molecule has 1 heterocycles. The molecule has 19 heavy (non-hydrogen) atoms. The summed E-state index contributed by atoms with van der Waals surface area (Å²) in [5.74, 6) is 0. The molecule has 0 spiro atoms. The summed E-state index contributed by atoms with van der Waals surface area (Å²) in [6.45, 7) is 3.63. The van der Waals surface area contributed by atoms with Gasteiger partial charge in [0.25, 0.3) is 0 Å². The van der Waals surface area contributed by atoms with Crippen molar-refractivity contribution < 1.29 is 5.11 Å². The smallest absolute Gasteiger partial charge is 0.0897 e. The van der Waals surface area contributed by atoms with Gasteiger partial charge in [0.05, 0.1) is 18.2 Å². The van der Waals surface area contributed by atoms with Crippen LogP contribution < -0.4 is 10.2 Å². The van der Waals surface area contributed by atoms with Gasteiger partial charge in [0.2, 0.25) is 0 Å². The highest BCUT2D eigenvalue weighted by Gasteiger charge is 2.01. The van der Waals surface area contributed by atoms with E-state index in [1.807, 2.05) is 25.1 Å². The van der Waals surface area contributed by atoms with E-state index in [1.54, 1.807) is 11.3 Å². The molecule has 0 radical (unpaired) electrons. The summed E-state index contributed by atoms with van der Waals surface area (Å²) < 4.78 is 0. The van der Waals surface area contributed by atoms with Crippen LogP contribution >= 0.6 is 11.3 Å². The maximum absolute atomic E-state index is 8.91. The van der Waals surface area contributed by atoms with Gasteiger partial charge in [0.1, 0.15) is 0 Å². The predicted molar refractivity (Wildman–Crippen MR) is 81.0 cm³/mol. The van der Waals surface area contributed by atoms with Gasteiger partial charge in [-0.05, 0) is 31.2 Å². The van der Waals surface area contributed by atoms with Crippen molar-refractivity contribution in [2.24, 2.45) is 0 Å². The zero-order chi connectivity index (χ0) is 13.7. The molecule has 0 aliphatic carbocycles. The average Bonchev–Trinajstić information content (AvgIpc) is 2.83. The first-order valence-electron chi connectivity index (χ1n) is 6.26. The van der Waals surface area contributed by atoms with Gasteiger partial charge >= 0.3 is 0 Å². The van der Waals surface area contributed by atoms with Crippen molar-refractivity contribution in [2.75, 3.05) is 30.4 Å². The number of aliphatic hydroxyl groups is 1. The first-order valence-corrected chi connectivity index (χ1v) is 7.08. The van der Waals surface area contributed by atoms with Crippen molar-refractivity contribution in [1.82, 2.24) is 4.98 Å². The first-order chi connectivity index (χ1) is 9.19. The fourth-order valence-electron chi connectivity index (χ4n) is 1.79. The number of anilines is 2. The van der Waals surface area contributed by atoms with E-state index in [2.05, 4.69) is 34.6 Å². The monoisotopic (exact) mass is 277 g/mol. The number of nitrogens with zero attached hydrogens (tertiary/aromatic N) is 2. The number of benzene rings is 1. The van der Waals surface area contributed by atoms with Crippen LogP contribution in [0.2, 0.25) is 0 Å². The van der Waals surface area contributed by atoms with Gasteiger partial charge in [-0.2, -0.15) is 0 Å². The number of aryl methyl sites for hydroxylation is 1. The van der Waals surface area contributed by atoms with Crippen LogP contribution in [0.25, 0.3) is 0 Å². The van der Waals surface area contributed by atoms with Gasteiger partial charge < -0.3 is 15.3 Å². The third-order valence-corrected chi connectivity index (χ3v) is 3.79. The molecular formula is C14H19N3OS. The lowest BCUT2D eigenvalue weighted by molar-refractivity contribution is 0.304. The summed E-state index contributed by atoms with van der Waals surface area (Å²) in [5.41, 5.74) is 2.19. The van der Waals surface area contributed by atoms with Crippen molar-refractivity contribution in [3.63, 3.8) is 0 Å². The van der Waals surface area contributed by atoms with E-state index in [4.69, 9.17) is 5.11 Å². The maximum atomic E-state index is 8.91. The van der Waals surface area contributed by atoms with E-state index in [0.717, 1.165) is 22.9 Å². The fraction of sp³-hybridized carbons (Fsp3) is 0.357. The zero-order valence-electron chi connectivity index (χ0n) is 11.3. The predicted octanol–water partition coefficient (Wildman–Crippen LogP) is 2.49. The summed E-state index contributed by atoms with van der Waals surface area (Å²) >= 11 is 1.71. The van der Waals surface area contributed by atoms with Crippen LogP contribution in [0.15, 0.2) is 30.5 Å². The molecule has 0 aliphatic heterocycles. The highest BCUT2D eigenvalue weighted by atomic mass is 32.1. The second kappa shape index (κ2) is 6.54. The Hall–Kier alpha value is -1.59. The second-order valence-electron chi connectivity index (χ2n) is 4.39. The van der Waals surface area contributed by atoms with E-state index >= 15 is 0 Å². The number of hydrogen-bond acceptors (Lipinski definition) is 5. The molecular weight excluding hydrogens is 258 g/mol. The number of hydrogen-bond donors (Lipinski definition) is 2. The number of thiazole rings is 1. The van der Waals surface area contributed by atoms with Gasteiger partial charge in [0, 0.05) is 36.0 Å². The van der Waals surface area contributed by atoms with Crippen molar-refractivity contribution in [3.8, 4) is 0 Å². The molecule has 2 rings (SSSR count). The van der Waals surface area contributed by atoms with E-state index in [1.165, 1.54) is 4.88 Å². The maximum Gasteiger partial charge on any atom is 0.0897 e. The second-order valence-corrected chi connectivity index (χ2v) is 5.71. The topological polar surface area (TPSA) is 48.4 Å². The Bertz CT molecular complexity index is 510. The lowest BCUT2D eigenvalue weighted by Crippen LogP contribution is -2.20. The molecule has 0 bridgehead atoms. The van der Waals surface area contributed by atoms with Gasteiger partial charge in [0.15, 0.2) is 0 Å². The molecule has 5 heteroatoms. The minimum atomic E-state index is 0.168. The fourth-order valence-corrected chi connectivity index (χ4v) is 2.52. The third-order valence-electron chi connectivity index (χ3n) is 2.88. The molecule has 0 saturated heterocycles. The molecule has 0 fully saturated rings. The molecule has 0 unspecified atom stereocenters. The quantitative estimate of drug-likeness (QED) is 0.851. The SMILES string of the molecule is Cc1ncc(CNc2ccc(N(C)CCO)cc2)s1. The molecule has 0 amide bonds. The summed E-state index contributed by atoms with van der Waals surface area (Å²) in [6, 6.07) is 8.21. The Morgan fingerprint density at radius 1 is 1.32 bits per heavy atom. The lowest BCUT2D eigenvalue weighted by atomic mass is 10.2. The number of rotatable bonds is 6. The van der Waals surface area contributed by atoms with E-state index in [9.17, 15) is 0 Å². The Morgan fingerprint density at radius 2 is 2.05 bits per heavy atom. The normalized spacial score (nSPS) is 10.5. The van der Waals surface area contributed by atoms with Crippen molar-refractivity contribution >= 4 is 22.7 Å². The van der Waals surface area contributed by atoms with Gasteiger partial charge in [-0.3, -0.25) is 0 Å². The van der Waals surface area contributed by atoms with Crippen LogP contribution in [0.3, 0.4) is 0 Å². The minimum absolute atomic E-state index is 0.168. The lowest BCUT2D eigenvalue weighted by Gasteiger charge is -2.18. The number of aliphatic hydroxyl groups excluding tert-OH is 1. The summed E-state index contributed by atoms with van der Waals surface area (Å²) in [7, 11) is 1.97. The van der Waals surface area contributed by atoms with Crippen molar-refractivity contribution in [2.45, 2.75) is 13.5 Å². The van der Waals surface area contributed by atoms with Gasteiger partial charge in [-0.15, -0.1) is 11.3 Å². The van der Waals surface area contributed by atoms with Crippen LogP contribution in [0.4, 0.5) is 11.4 Å². The first kappa shape index (κ1) is 13.8. The Balaban J connectivity index is 1.91. The van der Waals surface area contributed by atoms with Gasteiger partial charge in [-0.1, -0.05) is 0 Å². The molecule has 1 aromatic heterocycles. The molecule has 0 atom stereocenters. The van der Waals surface area contributed by atoms with E-state index in [-0.39, 0.29) is 6.61 Å². The number of likely N-dealkylation sites (N-methyl/N-ethyl adjacent to an activating group) is 1. The molecule has 1 aromatic carbocycles. The molecule has 4 nitrogen and oxygen atoms in total. The van der Waals surface area contributed by atoms with Crippen LogP contribution in [0, 0.1) is 6.92 Å². The zero-order valence-corrected chi connectivity index (χ0v) is 12.1. The summed E-state index contributed by atoms with van der Waals surface area (Å²) in [6.07, 6.45) is 1.91. The van der Waals surface area contributed by atoms with Crippen LogP contribution in [-0.2, 0) is 6.54 Å². The molecule has 0 saturated carbocycles. The Kier molecular flexibility index (Phi) is 4.76. The van der Waals surface area contributed by atoms with Crippen molar-refractivity contribution in [1.29, 1.82) is 0 Å². The Morgan fingerprint density at radius 3 is 2.63 bits per heavy atom. The van der Waals surface area contributed by atoms with Gasteiger partial charge in [-0.25, -0.2) is 4.98 Å². The van der Waals surface area contributed by atoms with Crippen LogP contribution in [-0.4, -0.2) is 30.3 Å². The highest BCUT2D eigenvalue weighted by Crippen LogP contribution is 2.18. The number of nitrogens with one attached hydrogen (secondary N) is 1. The van der Waals surface area contributed by atoms with E-state index in [0.29, 0.717) is 6.54 Å². The molecule has 102 valence electrons. The highest BCUT2D eigenvalue weighted by molar-refractivity contribution is 7.11.